The summed E-state index contributed by atoms with van der Waals surface area (Å²) in [6.45, 7) is 6.50. The molecule has 1 fully saturated rings. The summed E-state index contributed by atoms with van der Waals surface area (Å²) in [6.07, 6.45) is 3.01. The number of carbonyl (C=O) groups is 1. The van der Waals surface area contributed by atoms with Crippen molar-refractivity contribution in [3.05, 3.63) is 72.1 Å². The van der Waals surface area contributed by atoms with Crippen LogP contribution in [0.2, 0.25) is 0 Å². The van der Waals surface area contributed by atoms with Crippen molar-refractivity contribution >= 4 is 17.3 Å². The van der Waals surface area contributed by atoms with E-state index in [0.717, 1.165) is 36.1 Å². The molecule has 1 aliphatic heterocycles. The molecule has 1 amide bonds. The summed E-state index contributed by atoms with van der Waals surface area (Å²) in [5.41, 5.74) is 4.65. The van der Waals surface area contributed by atoms with E-state index in [1.54, 1.807) is 6.20 Å². The molecule has 1 saturated heterocycles. The van der Waals surface area contributed by atoms with Crippen molar-refractivity contribution in [2.24, 2.45) is 5.92 Å². The summed E-state index contributed by atoms with van der Waals surface area (Å²) >= 11 is 0. The van der Waals surface area contributed by atoms with E-state index in [1.165, 1.54) is 12.1 Å². The zero-order valence-electron chi connectivity index (χ0n) is 15.7. The molecule has 1 aromatic heterocycles. The fourth-order valence-corrected chi connectivity index (χ4v) is 3.52. The number of aryl methyl sites for hydroxylation is 1. The summed E-state index contributed by atoms with van der Waals surface area (Å²) in [5.74, 6) is 0.638. The topological polar surface area (TPSA) is 50.2 Å². The van der Waals surface area contributed by atoms with Crippen LogP contribution in [0.1, 0.15) is 29.4 Å². The van der Waals surface area contributed by atoms with Gasteiger partial charge in [0.15, 0.2) is 0 Å². The monoisotopic (exact) mass is 360 g/mol. The Morgan fingerprint density at radius 3 is 2.33 bits per heavy atom. The third-order valence-electron chi connectivity index (χ3n) is 5.12. The van der Waals surface area contributed by atoms with Crippen molar-refractivity contribution < 1.29 is 4.79 Å². The van der Waals surface area contributed by atoms with Gasteiger partial charge >= 0.3 is 0 Å². The summed E-state index contributed by atoms with van der Waals surface area (Å²) in [4.78, 5) is 14.9. The van der Waals surface area contributed by atoms with Crippen LogP contribution in [0.25, 0.3) is 5.69 Å². The van der Waals surface area contributed by atoms with Gasteiger partial charge in [-0.3, -0.25) is 4.79 Å². The molecule has 2 aromatic carbocycles. The third-order valence-corrected chi connectivity index (χ3v) is 5.12. The maximum absolute atomic E-state index is 12.5. The van der Waals surface area contributed by atoms with Gasteiger partial charge in [0, 0.05) is 41.9 Å². The van der Waals surface area contributed by atoms with Crippen LogP contribution in [0.4, 0.5) is 11.4 Å². The van der Waals surface area contributed by atoms with Gasteiger partial charge in [0.25, 0.3) is 5.91 Å². The number of carbonyl (C=O) groups excluding carboxylic acids is 1. The molecule has 1 unspecified atom stereocenters. The Labute approximate surface area is 159 Å². The second-order valence-corrected chi connectivity index (χ2v) is 7.27. The molecule has 4 rings (SSSR count). The molecule has 1 aliphatic rings. The lowest BCUT2D eigenvalue weighted by molar-refractivity contribution is 0.102. The van der Waals surface area contributed by atoms with E-state index in [1.807, 2.05) is 54.1 Å². The average Bonchev–Trinajstić information content (AvgIpc) is 3.31. The van der Waals surface area contributed by atoms with Crippen LogP contribution in [0.5, 0.6) is 0 Å². The molecule has 1 N–H and O–H groups in total. The third kappa shape index (κ3) is 3.72. The minimum atomic E-state index is -0.110. The quantitative estimate of drug-likeness (QED) is 0.755. The molecule has 0 bridgehead atoms. The van der Waals surface area contributed by atoms with Crippen molar-refractivity contribution in [2.45, 2.75) is 20.3 Å². The molecule has 138 valence electrons. The van der Waals surface area contributed by atoms with E-state index in [4.69, 9.17) is 0 Å². The highest BCUT2D eigenvalue weighted by Crippen LogP contribution is 2.25. The lowest BCUT2D eigenvalue weighted by atomic mass is 10.2. The number of aromatic nitrogens is 2. The normalized spacial score (nSPS) is 16.5. The highest BCUT2D eigenvalue weighted by molar-refractivity contribution is 6.04. The van der Waals surface area contributed by atoms with Gasteiger partial charge in [0.1, 0.15) is 0 Å². The van der Waals surface area contributed by atoms with Crippen molar-refractivity contribution in [3.63, 3.8) is 0 Å². The smallest absolute Gasteiger partial charge is 0.255 e. The molecule has 2 heterocycles. The first-order valence-electron chi connectivity index (χ1n) is 9.37. The Hall–Kier alpha value is -3.08. The van der Waals surface area contributed by atoms with Gasteiger partial charge in [-0.1, -0.05) is 6.92 Å². The molecule has 0 spiro atoms. The SMILES string of the molecule is Cc1ccnn1-c1ccc(C(=O)Nc2ccc(N3CCC(C)C3)cc2)cc1. The first kappa shape index (κ1) is 17.3. The first-order chi connectivity index (χ1) is 13.1. The number of nitrogens with one attached hydrogen (secondary N) is 1. The molecular weight excluding hydrogens is 336 g/mol. The zero-order chi connectivity index (χ0) is 18.8. The second kappa shape index (κ2) is 7.27. The number of nitrogens with zero attached hydrogens (tertiary/aromatic N) is 3. The number of anilines is 2. The highest BCUT2D eigenvalue weighted by atomic mass is 16.1. The maximum atomic E-state index is 12.5. The molecule has 1 atom stereocenters. The number of hydrogen-bond acceptors (Lipinski definition) is 3. The van der Waals surface area contributed by atoms with Gasteiger partial charge in [-0.05, 0) is 73.9 Å². The van der Waals surface area contributed by atoms with Crippen LogP contribution in [0, 0.1) is 12.8 Å². The Bertz CT molecular complexity index is 928. The standard InChI is InChI=1S/C22H24N4O/c1-16-12-14-25(15-16)20-9-5-19(6-10-20)24-22(27)18-3-7-21(8-4-18)26-17(2)11-13-23-26/h3-11,13,16H,12,14-15H2,1-2H3,(H,24,27). The van der Waals surface area contributed by atoms with Crippen molar-refractivity contribution in [1.82, 2.24) is 9.78 Å². The predicted molar refractivity (Wildman–Crippen MR) is 109 cm³/mol. The molecule has 3 aromatic rings. The van der Waals surface area contributed by atoms with Crippen LogP contribution >= 0.6 is 0 Å². The summed E-state index contributed by atoms with van der Waals surface area (Å²) in [6, 6.07) is 17.5. The second-order valence-electron chi connectivity index (χ2n) is 7.27. The number of hydrogen-bond donors (Lipinski definition) is 1. The molecule has 0 aliphatic carbocycles. The lowest BCUT2D eigenvalue weighted by Crippen LogP contribution is -2.19. The molecule has 5 nitrogen and oxygen atoms in total. The van der Waals surface area contributed by atoms with E-state index in [9.17, 15) is 4.79 Å². The fourth-order valence-electron chi connectivity index (χ4n) is 3.52. The van der Waals surface area contributed by atoms with Gasteiger partial charge in [-0.2, -0.15) is 5.10 Å². The maximum Gasteiger partial charge on any atom is 0.255 e. The van der Waals surface area contributed by atoms with Gasteiger partial charge in [-0.25, -0.2) is 4.68 Å². The van der Waals surface area contributed by atoms with Crippen LogP contribution in [-0.2, 0) is 0 Å². The van der Waals surface area contributed by atoms with Crippen LogP contribution in [0.3, 0.4) is 0 Å². The fraction of sp³-hybridized carbons (Fsp3) is 0.273. The van der Waals surface area contributed by atoms with E-state index >= 15 is 0 Å². The Morgan fingerprint density at radius 2 is 1.74 bits per heavy atom. The summed E-state index contributed by atoms with van der Waals surface area (Å²) < 4.78 is 1.85. The average molecular weight is 360 g/mol. The van der Waals surface area contributed by atoms with Gasteiger partial charge in [0.2, 0.25) is 0 Å². The van der Waals surface area contributed by atoms with Crippen molar-refractivity contribution in [3.8, 4) is 5.69 Å². The first-order valence-corrected chi connectivity index (χ1v) is 9.37. The zero-order valence-corrected chi connectivity index (χ0v) is 15.7. The molecular formula is C22H24N4O. The molecule has 5 heteroatoms. The molecule has 0 radical (unpaired) electrons. The van der Waals surface area contributed by atoms with Crippen molar-refractivity contribution in [1.29, 1.82) is 0 Å². The minimum absolute atomic E-state index is 0.110. The van der Waals surface area contributed by atoms with Crippen molar-refractivity contribution in [2.75, 3.05) is 23.3 Å². The van der Waals surface area contributed by atoms with E-state index in [-0.39, 0.29) is 5.91 Å². The summed E-state index contributed by atoms with van der Waals surface area (Å²) in [5, 5.41) is 7.26. The van der Waals surface area contributed by atoms with Gasteiger partial charge in [0.05, 0.1) is 5.69 Å². The van der Waals surface area contributed by atoms with Gasteiger partial charge < -0.3 is 10.2 Å². The largest absolute Gasteiger partial charge is 0.371 e. The summed E-state index contributed by atoms with van der Waals surface area (Å²) in [7, 11) is 0. The van der Waals surface area contributed by atoms with Crippen LogP contribution < -0.4 is 10.2 Å². The number of rotatable bonds is 4. The predicted octanol–water partition coefficient (Wildman–Crippen LogP) is 4.28. The Kier molecular flexibility index (Phi) is 4.67. The lowest BCUT2D eigenvalue weighted by Gasteiger charge is -2.18. The minimum Gasteiger partial charge on any atom is -0.371 e. The molecule has 27 heavy (non-hydrogen) atoms. The number of amides is 1. The van der Waals surface area contributed by atoms with E-state index < -0.39 is 0 Å². The van der Waals surface area contributed by atoms with E-state index in [2.05, 4.69) is 34.4 Å². The Morgan fingerprint density at radius 1 is 1.04 bits per heavy atom. The Balaban J connectivity index is 1.42. The number of benzene rings is 2. The van der Waals surface area contributed by atoms with Gasteiger partial charge in [-0.15, -0.1) is 0 Å². The molecule has 0 saturated carbocycles. The van der Waals surface area contributed by atoms with Crippen LogP contribution in [-0.4, -0.2) is 28.8 Å². The van der Waals surface area contributed by atoms with E-state index in [0.29, 0.717) is 5.56 Å². The highest BCUT2D eigenvalue weighted by Gasteiger charge is 2.18. The van der Waals surface area contributed by atoms with Crippen LogP contribution in [0.15, 0.2) is 60.8 Å².